The summed E-state index contributed by atoms with van der Waals surface area (Å²) in [6.07, 6.45) is 0. The highest BCUT2D eigenvalue weighted by molar-refractivity contribution is 6.31. The number of halogens is 1. The van der Waals surface area contributed by atoms with E-state index < -0.39 is 0 Å². The summed E-state index contributed by atoms with van der Waals surface area (Å²) in [7, 11) is 0. The Morgan fingerprint density at radius 3 is 2.61 bits per heavy atom. The molecule has 0 saturated heterocycles. The third-order valence-electron chi connectivity index (χ3n) is 2.73. The van der Waals surface area contributed by atoms with Crippen molar-refractivity contribution in [1.29, 1.82) is 0 Å². The van der Waals surface area contributed by atoms with Crippen LogP contribution in [0.4, 0.5) is 0 Å². The van der Waals surface area contributed by atoms with E-state index in [2.05, 4.69) is 22.0 Å². The van der Waals surface area contributed by atoms with Crippen LogP contribution >= 0.6 is 11.6 Å². The molecule has 0 unspecified atom stereocenters. The zero-order valence-corrected chi connectivity index (χ0v) is 11.3. The monoisotopic (exact) mass is 265 g/mol. The van der Waals surface area contributed by atoms with Crippen molar-refractivity contribution in [2.75, 3.05) is 6.54 Å². The van der Waals surface area contributed by atoms with Crippen molar-refractivity contribution < 1.29 is 4.42 Å². The van der Waals surface area contributed by atoms with E-state index >= 15 is 0 Å². The van der Waals surface area contributed by atoms with Crippen LogP contribution in [-0.2, 0) is 13.1 Å². The average Bonchev–Trinajstić information content (AvgIpc) is 2.76. The van der Waals surface area contributed by atoms with Crippen LogP contribution < -0.4 is 0 Å². The van der Waals surface area contributed by atoms with E-state index in [1.807, 2.05) is 24.3 Å². The van der Waals surface area contributed by atoms with Crippen molar-refractivity contribution in [3.05, 3.63) is 46.6 Å². The SMILES string of the molecule is CCN(Cc1nnc(C)o1)Cc1ccccc1Cl. The molecule has 2 aromatic rings. The van der Waals surface area contributed by atoms with Crippen molar-refractivity contribution in [2.24, 2.45) is 0 Å². The quantitative estimate of drug-likeness (QED) is 0.833. The summed E-state index contributed by atoms with van der Waals surface area (Å²) in [4.78, 5) is 2.20. The molecular weight excluding hydrogens is 250 g/mol. The molecule has 4 nitrogen and oxygen atoms in total. The zero-order chi connectivity index (χ0) is 13.0. The van der Waals surface area contributed by atoms with Gasteiger partial charge in [-0.3, -0.25) is 4.90 Å². The van der Waals surface area contributed by atoms with Crippen LogP contribution in [0.2, 0.25) is 5.02 Å². The molecule has 0 atom stereocenters. The Balaban J connectivity index is 2.04. The van der Waals surface area contributed by atoms with Gasteiger partial charge in [-0.25, -0.2) is 0 Å². The highest BCUT2D eigenvalue weighted by atomic mass is 35.5. The summed E-state index contributed by atoms with van der Waals surface area (Å²) < 4.78 is 5.39. The van der Waals surface area contributed by atoms with E-state index in [4.69, 9.17) is 16.0 Å². The molecule has 96 valence electrons. The molecule has 0 amide bonds. The van der Waals surface area contributed by atoms with Crippen LogP contribution in [0.5, 0.6) is 0 Å². The summed E-state index contributed by atoms with van der Waals surface area (Å²) in [5.74, 6) is 1.24. The largest absolute Gasteiger partial charge is 0.424 e. The van der Waals surface area contributed by atoms with Crippen molar-refractivity contribution in [1.82, 2.24) is 15.1 Å². The minimum absolute atomic E-state index is 0.596. The summed E-state index contributed by atoms with van der Waals surface area (Å²) in [5, 5.41) is 8.62. The molecule has 5 heteroatoms. The Kier molecular flexibility index (Phi) is 4.33. The lowest BCUT2D eigenvalue weighted by molar-refractivity contribution is 0.241. The minimum Gasteiger partial charge on any atom is -0.424 e. The molecule has 1 aromatic carbocycles. The van der Waals surface area contributed by atoms with Gasteiger partial charge in [0.2, 0.25) is 11.8 Å². The number of benzene rings is 1. The molecule has 1 heterocycles. The number of hydrogen-bond donors (Lipinski definition) is 0. The molecule has 18 heavy (non-hydrogen) atoms. The first-order chi connectivity index (χ1) is 8.69. The first-order valence-electron chi connectivity index (χ1n) is 5.93. The van der Waals surface area contributed by atoms with Crippen molar-refractivity contribution >= 4 is 11.6 Å². The van der Waals surface area contributed by atoms with E-state index in [0.717, 1.165) is 23.7 Å². The highest BCUT2D eigenvalue weighted by Gasteiger charge is 2.11. The van der Waals surface area contributed by atoms with Crippen LogP contribution in [-0.4, -0.2) is 21.6 Å². The predicted octanol–water partition coefficient (Wildman–Crippen LogP) is 3.05. The topological polar surface area (TPSA) is 42.2 Å². The van der Waals surface area contributed by atoms with Gasteiger partial charge in [0, 0.05) is 18.5 Å². The van der Waals surface area contributed by atoms with Gasteiger partial charge in [-0.05, 0) is 18.2 Å². The normalized spacial score (nSPS) is 11.1. The van der Waals surface area contributed by atoms with E-state index in [1.54, 1.807) is 6.92 Å². The molecule has 1 aromatic heterocycles. The zero-order valence-electron chi connectivity index (χ0n) is 10.6. The van der Waals surface area contributed by atoms with Crippen LogP contribution in [0.1, 0.15) is 24.3 Å². The number of aromatic nitrogens is 2. The van der Waals surface area contributed by atoms with Gasteiger partial charge in [-0.1, -0.05) is 36.7 Å². The average molecular weight is 266 g/mol. The summed E-state index contributed by atoms with van der Waals surface area (Å²) >= 11 is 6.15. The van der Waals surface area contributed by atoms with Gasteiger partial charge >= 0.3 is 0 Å². The maximum atomic E-state index is 6.15. The first-order valence-corrected chi connectivity index (χ1v) is 6.31. The lowest BCUT2D eigenvalue weighted by Crippen LogP contribution is -2.22. The second-order valence-electron chi connectivity index (χ2n) is 4.11. The summed E-state index contributed by atoms with van der Waals surface area (Å²) in [6.45, 7) is 6.20. The highest BCUT2D eigenvalue weighted by Crippen LogP contribution is 2.17. The Hall–Kier alpha value is -1.39. The Morgan fingerprint density at radius 2 is 2.00 bits per heavy atom. The second kappa shape index (κ2) is 5.98. The molecule has 0 bridgehead atoms. The summed E-state index contributed by atoms with van der Waals surface area (Å²) in [6, 6.07) is 7.86. The van der Waals surface area contributed by atoms with Crippen molar-refractivity contribution in [3.8, 4) is 0 Å². The molecule has 0 aliphatic carbocycles. The number of rotatable bonds is 5. The van der Waals surface area contributed by atoms with Gasteiger partial charge in [0.15, 0.2) is 0 Å². The molecule has 0 aliphatic rings. The molecular formula is C13H16ClN3O. The number of nitrogens with zero attached hydrogens (tertiary/aromatic N) is 3. The van der Waals surface area contributed by atoms with E-state index in [-0.39, 0.29) is 0 Å². The predicted molar refractivity (Wildman–Crippen MR) is 70.3 cm³/mol. The third kappa shape index (κ3) is 3.31. The molecule has 0 N–H and O–H groups in total. The van der Waals surface area contributed by atoms with Gasteiger partial charge in [0.05, 0.1) is 6.54 Å². The number of hydrogen-bond acceptors (Lipinski definition) is 4. The van der Waals surface area contributed by atoms with Gasteiger partial charge in [-0.15, -0.1) is 10.2 Å². The van der Waals surface area contributed by atoms with Gasteiger partial charge < -0.3 is 4.42 Å². The number of aryl methyl sites for hydroxylation is 1. The Morgan fingerprint density at radius 1 is 1.22 bits per heavy atom. The standard InChI is InChI=1S/C13H16ClN3O/c1-3-17(9-13-16-15-10(2)18-13)8-11-6-4-5-7-12(11)14/h4-7H,3,8-9H2,1-2H3. The van der Waals surface area contributed by atoms with Crippen molar-refractivity contribution in [2.45, 2.75) is 26.9 Å². The van der Waals surface area contributed by atoms with Crippen LogP contribution in [0.25, 0.3) is 0 Å². The van der Waals surface area contributed by atoms with Crippen LogP contribution in [0, 0.1) is 6.92 Å². The molecule has 0 spiro atoms. The maximum Gasteiger partial charge on any atom is 0.230 e. The smallest absolute Gasteiger partial charge is 0.230 e. The minimum atomic E-state index is 0.596. The fourth-order valence-electron chi connectivity index (χ4n) is 1.74. The van der Waals surface area contributed by atoms with E-state index in [1.165, 1.54) is 0 Å². The Labute approximate surface area is 112 Å². The molecule has 0 saturated carbocycles. The van der Waals surface area contributed by atoms with E-state index in [0.29, 0.717) is 18.3 Å². The lowest BCUT2D eigenvalue weighted by atomic mass is 10.2. The molecule has 2 rings (SSSR count). The lowest BCUT2D eigenvalue weighted by Gasteiger charge is -2.18. The van der Waals surface area contributed by atoms with Crippen LogP contribution in [0.3, 0.4) is 0 Å². The molecule has 0 radical (unpaired) electrons. The molecule has 0 fully saturated rings. The third-order valence-corrected chi connectivity index (χ3v) is 3.09. The van der Waals surface area contributed by atoms with Crippen molar-refractivity contribution in [3.63, 3.8) is 0 Å². The molecule has 0 aliphatic heterocycles. The van der Waals surface area contributed by atoms with Crippen LogP contribution in [0.15, 0.2) is 28.7 Å². The maximum absolute atomic E-state index is 6.15. The fourth-order valence-corrected chi connectivity index (χ4v) is 1.94. The fraction of sp³-hybridized carbons (Fsp3) is 0.385. The first kappa shape index (κ1) is 13.1. The van der Waals surface area contributed by atoms with Gasteiger partial charge in [0.25, 0.3) is 0 Å². The second-order valence-corrected chi connectivity index (χ2v) is 4.52. The van der Waals surface area contributed by atoms with E-state index in [9.17, 15) is 0 Å². The Bertz CT molecular complexity index is 512. The summed E-state index contributed by atoms with van der Waals surface area (Å²) in [5.41, 5.74) is 1.11. The van der Waals surface area contributed by atoms with Gasteiger partial charge in [-0.2, -0.15) is 0 Å². The van der Waals surface area contributed by atoms with Gasteiger partial charge in [0.1, 0.15) is 0 Å².